The third kappa shape index (κ3) is 2.53. The molecule has 44 valence electrons. The summed E-state index contributed by atoms with van der Waals surface area (Å²) >= 11 is 0. The van der Waals surface area contributed by atoms with E-state index in [1.165, 1.54) is 21.1 Å². The molecule has 0 rings (SSSR count). The molecule has 0 aromatic heterocycles. The molecule has 0 amide bonds. The van der Waals surface area contributed by atoms with Gasteiger partial charge in [0, 0.05) is 7.05 Å². The fourth-order valence-electron chi connectivity index (χ4n) is 0.145. The molecule has 0 aliphatic heterocycles. The van der Waals surface area contributed by atoms with Gasteiger partial charge in [0.1, 0.15) is 0 Å². The molecule has 1 unspecified atom stereocenters. The Morgan fingerprint density at radius 3 is 2.14 bits per heavy atom. The van der Waals surface area contributed by atoms with Crippen LogP contribution < -0.4 is 0 Å². The Kier molecular flexibility index (Phi) is 2.87. The van der Waals surface area contributed by atoms with Crippen molar-refractivity contribution < 1.29 is 9.23 Å². The van der Waals surface area contributed by atoms with E-state index in [1.54, 1.807) is 0 Å². The van der Waals surface area contributed by atoms with Crippen molar-refractivity contribution in [3.05, 3.63) is 0 Å². The summed E-state index contributed by atoms with van der Waals surface area (Å²) < 4.78 is 11.9. The summed E-state index contributed by atoms with van der Waals surface area (Å²) in [4.78, 5) is 4.47. The smallest absolute Gasteiger partial charge is 0.172 e. The van der Waals surface area contributed by atoms with Crippen LogP contribution in [0.2, 0.25) is 0 Å². The number of halogens is 1. The van der Waals surface area contributed by atoms with Crippen LogP contribution in [0.1, 0.15) is 6.92 Å². The summed E-state index contributed by atoms with van der Waals surface area (Å²) in [7, 11) is 2.96. The first-order valence-corrected chi connectivity index (χ1v) is 2.09. The first-order chi connectivity index (χ1) is 3.18. The summed E-state index contributed by atoms with van der Waals surface area (Å²) in [6, 6.07) is 0. The van der Waals surface area contributed by atoms with E-state index in [2.05, 4.69) is 4.84 Å². The zero-order chi connectivity index (χ0) is 5.86. The highest BCUT2D eigenvalue weighted by Crippen LogP contribution is 1.93. The van der Waals surface area contributed by atoms with Crippen molar-refractivity contribution >= 4 is 0 Å². The van der Waals surface area contributed by atoms with Crippen LogP contribution in [0, 0.1) is 0 Å². The van der Waals surface area contributed by atoms with Crippen LogP contribution >= 0.6 is 0 Å². The van der Waals surface area contributed by atoms with Gasteiger partial charge in [-0.05, 0) is 6.92 Å². The second-order valence-electron chi connectivity index (χ2n) is 1.30. The first-order valence-electron chi connectivity index (χ1n) is 2.09. The highest BCUT2D eigenvalue weighted by Gasteiger charge is 2.01. The molecular weight excluding hydrogens is 97.0 g/mol. The molecule has 2 nitrogen and oxygen atoms in total. The number of hydroxylamine groups is 2. The van der Waals surface area contributed by atoms with E-state index in [0.29, 0.717) is 0 Å². The maximum atomic E-state index is 11.9. The quantitative estimate of drug-likeness (QED) is 0.382. The first kappa shape index (κ1) is 6.85. The zero-order valence-corrected chi connectivity index (χ0v) is 4.81. The molecule has 3 heteroatoms. The van der Waals surface area contributed by atoms with E-state index in [1.807, 2.05) is 0 Å². The number of hydrogen-bond acceptors (Lipinski definition) is 2. The molecule has 0 N–H and O–H groups in total. The summed E-state index contributed by atoms with van der Waals surface area (Å²) in [5, 5.41) is 1.12. The second-order valence-corrected chi connectivity index (χ2v) is 1.30. The van der Waals surface area contributed by atoms with Gasteiger partial charge in [0.05, 0.1) is 7.11 Å². The molecule has 0 heterocycles. The summed E-state index contributed by atoms with van der Waals surface area (Å²) in [6.45, 7) is 1.41. The molecule has 0 spiro atoms. The van der Waals surface area contributed by atoms with Crippen LogP contribution in [-0.4, -0.2) is 25.5 Å². The predicted octanol–water partition coefficient (Wildman–Crippen LogP) is 0.795. The van der Waals surface area contributed by atoms with E-state index in [9.17, 15) is 4.39 Å². The zero-order valence-electron chi connectivity index (χ0n) is 4.81. The summed E-state index contributed by atoms with van der Waals surface area (Å²) in [5.74, 6) is 0. The second kappa shape index (κ2) is 2.93. The van der Waals surface area contributed by atoms with Crippen LogP contribution in [0.5, 0.6) is 0 Å². The number of alkyl halides is 1. The Morgan fingerprint density at radius 1 is 1.71 bits per heavy atom. The molecule has 0 aliphatic carbocycles. The van der Waals surface area contributed by atoms with Crippen molar-refractivity contribution in [1.82, 2.24) is 5.06 Å². The fraction of sp³-hybridized carbons (Fsp3) is 1.00. The van der Waals surface area contributed by atoms with E-state index >= 15 is 0 Å². The van der Waals surface area contributed by atoms with E-state index in [4.69, 9.17) is 0 Å². The number of nitrogens with zero attached hydrogens (tertiary/aromatic N) is 1. The topological polar surface area (TPSA) is 12.5 Å². The van der Waals surface area contributed by atoms with E-state index in [-0.39, 0.29) is 0 Å². The van der Waals surface area contributed by atoms with Crippen molar-refractivity contribution in [2.24, 2.45) is 0 Å². The summed E-state index contributed by atoms with van der Waals surface area (Å²) in [5.41, 5.74) is 0. The molecule has 1 atom stereocenters. The average Bonchev–Trinajstić information content (AvgIpc) is 1.65. The van der Waals surface area contributed by atoms with Crippen molar-refractivity contribution in [3.8, 4) is 0 Å². The van der Waals surface area contributed by atoms with Gasteiger partial charge in [0.2, 0.25) is 0 Å². The maximum absolute atomic E-state index is 11.9. The van der Waals surface area contributed by atoms with Crippen LogP contribution in [0.4, 0.5) is 4.39 Å². The average molecular weight is 107 g/mol. The van der Waals surface area contributed by atoms with Crippen molar-refractivity contribution in [3.63, 3.8) is 0 Å². The fourth-order valence-corrected chi connectivity index (χ4v) is 0.145. The SMILES string of the molecule is CON(C)C(C)F. The Bertz CT molecular complexity index is 49.0. The van der Waals surface area contributed by atoms with Gasteiger partial charge in [0.15, 0.2) is 6.30 Å². The Balaban J connectivity index is 3.14. The van der Waals surface area contributed by atoms with Gasteiger partial charge < -0.3 is 0 Å². The minimum Gasteiger partial charge on any atom is -0.300 e. The van der Waals surface area contributed by atoms with Gasteiger partial charge in [-0.25, -0.2) is 4.39 Å². The van der Waals surface area contributed by atoms with Gasteiger partial charge >= 0.3 is 0 Å². The molecule has 0 saturated heterocycles. The van der Waals surface area contributed by atoms with Crippen molar-refractivity contribution in [2.45, 2.75) is 13.2 Å². The molecule has 0 aromatic rings. The monoisotopic (exact) mass is 107 g/mol. The molecule has 0 saturated carbocycles. The van der Waals surface area contributed by atoms with Gasteiger partial charge in [-0.15, -0.1) is 0 Å². The summed E-state index contributed by atoms with van der Waals surface area (Å²) in [6.07, 6.45) is -1.02. The van der Waals surface area contributed by atoms with E-state index in [0.717, 1.165) is 5.06 Å². The van der Waals surface area contributed by atoms with Crippen molar-refractivity contribution in [1.29, 1.82) is 0 Å². The molecule has 0 bridgehead atoms. The maximum Gasteiger partial charge on any atom is 0.172 e. The van der Waals surface area contributed by atoms with Gasteiger partial charge in [-0.2, -0.15) is 5.06 Å². The Labute approximate surface area is 42.8 Å². The standard InChI is InChI=1S/C4H10FNO/c1-4(5)6(2)7-3/h4H,1-3H3. The molecule has 0 radical (unpaired) electrons. The lowest BCUT2D eigenvalue weighted by Crippen LogP contribution is -2.23. The van der Waals surface area contributed by atoms with Crippen LogP contribution in [0.15, 0.2) is 0 Å². The van der Waals surface area contributed by atoms with Crippen molar-refractivity contribution in [2.75, 3.05) is 14.2 Å². The normalized spacial score (nSPS) is 15.0. The molecule has 0 aliphatic rings. The highest BCUT2D eigenvalue weighted by molar-refractivity contribution is 4.30. The third-order valence-corrected chi connectivity index (χ3v) is 0.789. The van der Waals surface area contributed by atoms with E-state index < -0.39 is 6.30 Å². The molecule has 0 fully saturated rings. The highest BCUT2D eigenvalue weighted by atomic mass is 19.1. The lowest BCUT2D eigenvalue weighted by molar-refractivity contribution is -0.170. The van der Waals surface area contributed by atoms with Gasteiger partial charge in [0.25, 0.3) is 0 Å². The van der Waals surface area contributed by atoms with Crippen LogP contribution in [0.25, 0.3) is 0 Å². The third-order valence-electron chi connectivity index (χ3n) is 0.789. The van der Waals surface area contributed by atoms with Crippen LogP contribution in [0.3, 0.4) is 0 Å². The molecule has 0 aromatic carbocycles. The Morgan fingerprint density at radius 2 is 2.14 bits per heavy atom. The largest absolute Gasteiger partial charge is 0.300 e. The predicted molar refractivity (Wildman–Crippen MR) is 25.3 cm³/mol. The molecule has 7 heavy (non-hydrogen) atoms. The molecular formula is C4H10FNO. The van der Waals surface area contributed by atoms with Crippen LogP contribution in [-0.2, 0) is 4.84 Å². The Hall–Kier alpha value is -0.150. The minimum atomic E-state index is -1.02. The lowest BCUT2D eigenvalue weighted by Gasteiger charge is -2.13. The van der Waals surface area contributed by atoms with Gasteiger partial charge in [-0.1, -0.05) is 0 Å². The minimum absolute atomic E-state index is 1.02. The van der Waals surface area contributed by atoms with Gasteiger partial charge in [-0.3, -0.25) is 4.84 Å². The number of hydrogen-bond donors (Lipinski definition) is 0. The number of rotatable bonds is 2. The lowest BCUT2D eigenvalue weighted by atomic mass is 10.7.